The molecular weight excluding hydrogens is 769 g/mol. The highest BCUT2D eigenvalue weighted by Crippen LogP contribution is 2.44. The second kappa shape index (κ2) is 19.2. The van der Waals surface area contributed by atoms with E-state index in [1.54, 1.807) is 0 Å². The summed E-state index contributed by atoms with van der Waals surface area (Å²) in [7, 11) is 0. The minimum absolute atomic E-state index is 0.0232. The molecule has 0 unspecified atom stereocenters. The molecule has 0 saturated carbocycles. The molecule has 4 aromatic rings. The Morgan fingerprint density at radius 2 is 0.567 bits per heavy atom. The van der Waals surface area contributed by atoms with Crippen molar-refractivity contribution in [2.45, 2.75) is 0 Å². The maximum absolute atomic E-state index is 13.6. The Hall–Kier alpha value is -6.20. The summed E-state index contributed by atoms with van der Waals surface area (Å²) in [6, 6.07) is 9.33. The number of hydrogen-bond donors (Lipinski definition) is 8. The van der Waals surface area contributed by atoms with Crippen molar-refractivity contribution in [2.24, 2.45) is 0 Å². The molecule has 0 saturated heterocycles. The molecule has 0 bridgehead atoms. The van der Waals surface area contributed by atoms with Crippen molar-refractivity contribution in [3.63, 3.8) is 0 Å². The van der Waals surface area contributed by atoms with E-state index in [1.807, 2.05) is 0 Å². The van der Waals surface area contributed by atoms with Crippen molar-refractivity contribution >= 4 is 45.9 Å². The molecular formula is C44H56N8O8. The van der Waals surface area contributed by atoms with Gasteiger partial charge in [-0.2, -0.15) is 0 Å². The van der Waals surface area contributed by atoms with E-state index >= 15 is 0 Å². The number of phenolic OH excluding ortho intramolecular Hbond substituents is 4. The van der Waals surface area contributed by atoms with Crippen LogP contribution >= 0.6 is 0 Å². The van der Waals surface area contributed by atoms with Gasteiger partial charge in [0, 0.05) is 108 Å². The van der Waals surface area contributed by atoms with E-state index in [9.17, 15) is 39.6 Å². The Kier molecular flexibility index (Phi) is 7.19. The molecule has 60 heavy (non-hydrogen) atoms. The van der Waals surface area contributed by atoms with Crippen LogP contribution in [0, 0.1) is 0 Å². The maximum atomic E-state index is 13.6. The van der Waals surface area contributed by atoms with Crippen molar-refractivity contribution in [1.82, 2.24) is 19.6 Å². The number of benzene rings is 4. The molecule has 6 rings (SSSR count). The maximum Gasteiger partial charge on any atom is 0.200 e. The fourth-order valence-electron chi connectivity index (χ4n) is 6.53. The molecule has 0 spiro atoms. The Morgan fingerprint density at radius 3 is 0.817 bits per heavy atom. The number of aromatic hydroxyl groups is 4. The average molecular weight is 849 g/mol. The van der Waals surface area contributed by atoms with Gasteiger partial charge < -0.3 is 61.3 Å². The Labute approximate surface area is 384 Å². The molecule has 16 heteroatoms. The third kappa shape index (κ3) is 9.63. The third-order valence-corrected chi connectivity index (χ3v) is 9.15. The fraction of sp³-hybridized carbons (Fsp3) is 0.364. The predicted molar refractivity (Wildman–Crippen MR) is 234 cm³/mol. The van der Waals surface area contributed by atoms with Crippen molar-refractivity contribution in [3.8, 4) is 23.0 Å². The number of likely N-dealkylation sites (N-methyl/N-ethyl adjacent to an activating group) is 4. The van der Waals surface area contributed by atoms with Crippen LogP contribution in [-0.2, 0) is 0 Å². The van der Waals surface area contributed by atoms with Gasteiger partial charge in [0.2, 0.25) is 23.1 Å². The van der Waals surface area contributed by atoms with Gasteiger partial charge in [-0.1, -0.05) is 0 Å². The second-order valence-electron chi connectivity index (χ2n) is 13.2. The van der Waals surface area contributed by atoms with E-state index in [0.29, 0.717) is 19.6 Å². The average Bonchev–Trinajstić information content (AvgIpc) is 0.882. The normalized spacial score (nSPS) is 20.5. The lowest BCUT2D eigenvalue weighted by molar-refractivity contribution is 0.0975. The van der Waals surface area contributed by atoms with Crippen LogP contribution in [0.4, 0.5) is 22.7 Å². The minimum atomic E-state index is -2.97. The monoisotopic (exact) mass is 849 g/mol. The molecule has 0 atom stereocenters. The highest BCUT2D eigenvalue weighted by atomic mass is 16.3. The number of nitrogens with zero attached hydrogens (tertiary/aromatic N) is 4. The van der Waals surface area contributed by atoms with Crippen LogP contribution in [0.3, 0.4) is 0 Å². The highest BCUT2D eigenvalue weighted by molar-refractivity contribution is 6.34. The lowest BCUT2D eigenvalue weighted by Gasteiger charge is -2.25. The number of phenols is 4. The molecule has 0 heterocycles. The molecule has 4 aromatic carbocycles. The second-order valence-corrected chi connectivity index (χ2v) is 13.2. The van der Waals surface area contributed by atoms with Crippen molar-refractivity contribution in [3.05, 3.63) is 93.0 Å². The molecule has 0 aromatic heterocycles. The molecule has 2 aliphatic carbocycles. The Bertz CT molecular complexity index is 2890. The van der Waals surface area contributed by atoms with Gasteiger partial charge in [0.25, 0.3) is 0 Å². The van der Waals surface area contributed by atoms with E-state index in [0.717, 1.165) is 24.3 Å². The summed E-state index contributed by atoms with van der Waals surface area (Å²) in [5, 5.41) is 52.8. The first-order valence-corrected chi connectivity index (χ1v) is 17.8. The van der Waals surface area contributed by atoms with Gasteiger partial charge in [0.05, 0.1) is 44.5 Å². The van der Waals surface area contributed by atoms with Crippen LogP contribution in [0.2, 0.25) is 0 Å². The van der Waals surface area contributed by atoms with Crippen LogP contribution < -0.4 is 21.3 Å². The summed E-state index contributed by atoms with van der Waals surface area (Å²) in [5.41, 5.74) is -3.26. The molecule has 0 fully saturated rings. The van der Waals surface area contributed by atoms with Crippen LogP contribution in [0.25, 0.3) is 0 Å². The molecule has 0 amide bonds. The van der Waals surface area contributed by atoms with Crippen molar-refractivity contribution in [2.75, 3.05) is 129 Å². The summed E-state index contributed by atoms with van der Waals surface area (Å²) >= 11 is 0. The summed E-state index contributed by atoms with van der Waals surface area (Å²) in [4.78, 5) is 55.7. The van der Waals surface area contributed by atoms with Crippen molar-refractivity contribution in [1.29, 1.82) is 0 Å². The van der Waals surface area contributed by atoms with Crippen LogP contribution in [-0.4, -0.2) is 171 Å². The number of hydrogen-bond acceptors (Lipinski definition) is 16. The number of carbonyl (C=O) groups is 4. The van der Waals surface area contributed by atoms with E-state index < -0.39 is 150 Å². The van der Waals surface area contributed by atoms with Crippen LogP contribution in [0.5, 0.6) is 23.0 Å². The summed E-state index contributed by atoms with van der Waals surface area (Å²) in [6.07, 6.45) is 0. The summed E-state index contributed by atoms with van der Waals surface area (Å²) in [6.45, 7) is -26.9. The van der Waals surface area contributed by atoms with Gasteiger partial charge in [0.1, 0.15) is 23.0 Å². The van der Waals surface area contributed by atoms with E-state index in [-0.39, 0.29) is 71.2 Å². The lowest BCUT2D eigenvalue weighted by Crippen LogP contribution is -2.27. The van der Waals surface area contributed by atoms with Crippen molar-refractivity contribution < 1.29 is 72.5 Å². The summed E-state index contributed by atoms with van der Waals surface area (Å²) < 4.78 is 180. The molecule has 2 aliphatic rings. The number of ketones is 4. The fourth-order valence-corrected chi connectivity index (χ4v) is 6.53. The van der Waals surface area contributed by atoms with Gasteiger partial charge in [-0.25, -0.2) is 0 Å². The first-order chi connectivity index (χ1) is 38.1. The first kappa shape index (κ1) is 22.4. The van der Waals surface area contributed by atoms with Gasteiger partial charge in [-0.05, 0) is 104 Å². The zero-order valence-corrected chi connectivity index (χ0v) is 31.5. The molecule has 8 N–H and O–H groups in total. The zero-order chi connectivity index (χ0) is 64.0. The standard InChI is InChI=1S/2C22H28N4O4/c1-25(2)11-9-23-13-5-7-15(27)19-17(13)21(29)20-16(28)8-6-14(18(20)22(19)30)24-10-12-26(3)4;1-25(2)11-9-23-13-5-6-14(24-10-12-26(3)4)18-17(13)21(29)19-15(27)7-8-16(28)20(19)22(18)30/h2*5-8,23-24,27-28H,9-12H2,1-4H3/i2*1D3,2D3,3D3,4D3. The van der Waals surface area contributed by atoms with E-state index in [4.69, 9.17) is 32.9 Å². The van der Waals surface area contributed by atoms with Gasteiger partial charge >= 0.3 is 0 Å². The SMILES string of the molecule is [2H]C([2H])([2H])N(CCNc1ccc(NCCN(C([2H])([2H])[2H])C([2H])([2H])[2H])c2c1C(=O)c1c(O)ccc(O)c1C2=O)C([2H])([2H])[2H].[2H]C([2H])([2H])N(CCNc1ccc(O)c2c1C(=O)c1c(O)ccc(NCCN(C([2H])([2H])[2H])C([2H])([2H])[2H])c1C2=O)C([2H])([2H])[2H]. The minimum Gasteiger partial charge on any atom is -0.507 e. The van der Waals surface area contributed by atoms with Crippen LogP contribution in [0.15, 0.2) is 48.5 Å². The molecule has 0 aliphatic heterocycles. The quantitative estimate of drug-likeness (QED) is 0.0654. The largest absolute Gasteiger partial charge is 0.507 e. The molecule has 16 nitrogen and oxygen atoms in total. The Morgan fingerprint density at radius 1 is 0.367 bits per heavy atom. The molecule has 0 radical (unpaired) electrons. The number of anilines is 4. The lowest BCUT2D eigenvalue weighted by atomic mass is 9.81. The zero-order valence-electron chi connectivity index (χ0n) is 55.5. The van der Waals surface area contributed by atoms with E-state index in [2.05, 4.69) is 21.3 Å². The number of rotatable bonds is 16. The smallest absolute Gasteiger partial charge is 0.200 e. The third-order valence-electron chi connectivity index (χ3n) is 9.15. The van der Waals surface area contributed by atoms with Gasteiger partial charge in [-0.3, -0.25) is 19.2 Å². The Balaban J connectivity index is 0.000000307. The number of fused-ring (bicyclic) bond motifs is 4. The number of nitrogens with one attached hydrogen (secondary N) is 4. The molecule has 320 valence electrons. The van der Waals surface area contributed by atoms with Crippen LogP contribution in [0.1, 0.15) is 96.6 Å². The van der Waals surface area contributed by atoms with E-state index in [1.165, 1.54) is 24.3 Å². The first-order valence-electron chi connectivity index (χ1n) is 29.8. The number of carbonyl (C=O) groups excluding carboxylic acids is 4. The van der Waals surface area contributed by atoms with Gasteiger partial charge in [0.15, 0.2) is 0 Å². The van der Waals surface area contributed by atoms with Gasteiger partial charge in [-0.15, -0.1) is 0 Å². The topological polar surface area (TPSA) is 210 Å². The summed E-state index contributed by atoms with van der Waals surface area (Å²) in [5.74, 6) is -5.95. The predicted octanol–water partition coefficient (Wildman–Crippen LogP) is 3.64. The highest BCUT2D eigenvalue weighted by Gasteiger charge is 2.39.